The molecule has 0 saturated carbocycles. The molecule has 1 amide bonds. The van der Waals surface area contributed by atoms with Crippen LogP contribution in [0.4, 0.5) is 0 Å². The summed E-state index contributed by atoms with van der Waals surface area (Å²) in [5.41, 5.74) is 1.10. The van der Waals surface area contributed by atoms with E-state index < -0.39 is 6.10 Å². The summed E-state index contributed by atoms with van der Waals surface area (Å²) in [5, 5.41) is 7.03. The predicted octanol–water partition coefficient (Wildman–Crippen LogP) is 1.39. The Labute approximate surface area is 117 Å². The van der Waals surface area contributed by atoms with Gasteiger partial charge in [-0.15, -0.1) is 0 Å². The fourth-order valence-corrected chi connectivity index (χ4v) is 2.33. The molecule has 0 spiro atoms. The number of carbonyl (C=O) groups is 1. The van der Waals surface area contributed by atoms with Gasteiger partial charge in [-0.3, -0.25) is 9.48 Å². The molecular weight excluding hydrogens is 254 g/mol. The molecular formula is C15H17N3O2. The van der Waals surface area contributed by atoms with E-state index >= 15 is 0 Å². The zero-order valence-corrected chi connectivity index (χ0v) is 11.2. The number of ether oxygens (including phenoxy) is 1. The van der Waals surface area contributed by atoms with Crippen molar-refractivity contribution in [3.05, 3.63) is 48.3 Å². The molecule has 5 nitrogen and oxygen atoms in total. The van der Waals surface area contributed by atoms with E-state index in [4.69, 9.17) is 4.74 Å². The molecule has 0 radical (unpaired) electrons. The number of fused-ring (bicyclic) bond motifs is 1. The maximum absolute atomic E-state index is 12.0. The number of amides is 1. The molecule has 0 unspecified atom stereocenters. The van der Waals surface area contributed by atoms with Crippen molar-refractivity contribution < 1.29 is 9.53 Å². The van der Waals surface area contributed by atoms with Crippen LogP contribution in [0.15, 0.2) is 42.7 Å². The minimum absolute atomic E-state index is 0.0401. The summed E-state index contributed by atoms with van der Waals surface area (Å²) in [6.07, 6.45) is 4.78. The Bertz CT molecular complexity index is 556. The molecule has 20 heavy (non-hydrogen) atoms. The maximum atomic E-state index is 12.0. The second-order valence-corrected chi connectivity index (χ2v) is 4.83. The molecule has 1 N–H and O–H groups in total. The van der Waals surface area contributed by atoms with Gasteiger partial charge in [0, 0.05) is 31.9 Å². The lowest BCUT2D eigenvalue weighted by atomic mass is 10.1. The first-order valence-electron chi connectivity index (χ1n) is 6.82. The molecule has 0 saturated heterocycles. The smallest absolute Gasteiger partial charge is 0.261 e. The van der Waals surface area contributed by atoms with Crippen molar-refractivity contribution in [2.75, 3.05) is 6.54 Å². The number of carbonyl (C=O) groups excluding carboxylic acids is 1. The van der Waals surface area contributed by atoms with Crippen molar-refractivity contribution in [2.24, 2.45) is 0 Å². The summed E-state index contributed by atoms with van der Waals surface area (Å²) in [6, 6.07) is 9.68. The lowest BCUT2D eigenvalue weighted by Crippen LogP contribution is -2.38. The van der Waals surface area contributed by atoms with Gasteiger partial charge < -0.3 is 10.1 Å². The highest BCUT2D eigenvalue weighted by Gasteiger charge is 2.28. The summed E-state index contributed by atoms with van der Waals surface area (Å²) < 4.78 is 7.50. The summed E-state index contributed by atoms with van der Waals surface area (Å²) in [4.78, 5) is 12.0. The first kappa shape index (κ1) is 12.7. The topological polar surface area (TPSA) is 56.2 Å². The van der Waals surface area contributed by atoms with E-state index in [0.717, 1.165) is 24.3 Å². The minimum atomic E-state index is -0.392. The second kappa shape index (κ2) is 5.77. The van der Waals surface area contributed by atoms with Gasteiger partial charge in [-0.1, -0.05) is 18.2 Å². The standard InChI is InChI=1S/C15H17N3O2/c19-15(16-7-3-9-18-10-4-8-17-18)14-11-12-5-1-2-6-13(12)20-14/h1-2,4-6,8,10,14H,3,7,9,11H2,(H,16,19)/t14-/m0/s1. The van der Waals surface area contributed by atoms with Crippen LogP contribution in [0.25, 0.3) is 0 Å². The lowest BCUT2D eigenvalue weighted by molar-refractivity contribution is -0.127. The van der Waals surface area contributed by atoms with Crippen LogP contribution >= 0.6 is 0 Å². The SMILES string of the molecule is O=C(NCCCn1cccn1)[C@@H]1Cc2ccccc2O1. The lowest BCUT2D eigenvalue weighted by Gasteiger charge is -2.11. The van der Waals surface area contributed by atoms with Gasteiger partial charge in [0.25, 0.3) is 5.91 Å². The van der Waals surface area contributed by atoms with E-state index in [2.05, 4.69) is 10.4 Å². The Hall–Kier alpha value is -2.30. The molecule has 0 fully saturated rings. The van der Waals surface area contributed by atoms with Crippen molar-refractivity contribution in [1.29, 1.82) is 0 Å². The molecule has 0 bridgehead atoms. The fraction of sp³-hybridized carbons (Fsp3) is 0.333. The van der Waals surface area contributed by atoms with Gasteiger partial charge in [0.05, 0.1) is 0 Å². The maximum Gasteiger partial charge on any atom is 0.261 e. The van der Waals surface area contributed by atoms with E-state index in [-0.39, 0.29) is 5.91 Å². The van der Waals surface area contributed by atoms with Crippen LogP contribution in [0.3, 0.4) is 0 Å². The molecule has 1 aliphatic heterocycles. The van der Waals surface area contributed by atoms with Crippen LogP contribution in [0.5, 0.6) is 5.75 Å². The highest BCUT2D eigenvalue weighted by molar-refractivity contribution is 5.82. The van der Waals surface area contributed by atoms with Gasteiger partial charge in [0.1, 0.15) is 5.75 Å². The normalized spacial score (nSPS) is 16.5. The average molecular weight is 271 g/mol. The van der Waals surface area contributed by atoms with Gasteiger partial charge in [-0.2, -0.15) is 5.10 Å². The Kier molecular flexibility index (Phi) is 3.67. The van der Waals surface area contributed by atoms with Crippen LogP contribution in [0.2, 0.25) is 0 Å². The van der Waals surface area contributed by atoms with Gasteiger partial charge in [-0.05, 0) is 24.1 Å². The third-order valence-corrected chi connectivity index (χ3v) is 3.36. The number of hydrogen-bond donors (Lipinski definition) is 1. The van der Waals surface area contributed by atoms with Gasteiger partial charge >= 0.3 is 0 Å². The van der Waals surface area contributed by atoms with Crippen molar-refractivity contribution >= 4 is 5.91 Å². The van der Waals surface area contributed by atoms with Gasteiger partial charge in [0.2, 0.25) is 0 Å². The summed E-state index contributed by atoms with van der Waals surface area (Å²) in [6.45, 7) is 1.44. The molecule has 1 aromatic carbocycles. The van der Waals surface area contributed by atoms with Crippen molar-refractivity contribution in [3.8, 4) is 5.75 Å². The van der Waals surface area contributed by atoms with Crippen LogP contribution in [-0.2, 0) is 17.8 Å². The van der Waals surface area contributed by atoms with Crippen molar-refractivity contribution in [3.63, 3.8) is 0 Å². The summed E-state index contributed by atoms with van der Waals surface area (Å²) >= 11 is 0. The van der Waals surface area contributed by atoms with Crippen molar-refractivity contribution in [1.82, 2.24) is 15.1 Å². The largest absolute Gasteiger partial charge is 0.480 e. The first-order valence-corrected chi connectivity index (χ1v) is 6.82. The predicted molar refractivity (Wildman–Crippen MR) is 74.4 cm³/mol. The van der Waals surface area contributed by atoms with Crippen LogP contribution < -0.4 is 10.1 Å². The Morgan fingerprint density at radius 1 is 1.40 bits per heavy atom. The second-order valence-electron chi connectivity index (χ2n) is 4.83. The number of aryl methyl sites for hydroxylation is 1. The van der Waals surface area contributed by atoms with Gasteiger partial charge in [0.15, 0.2) is 6.10 Å². The number of nitrogens with zero attached hydrogens (tertiary/aromatic N) is 2. The number of aromatic nitrogens is 2. The molecule has 2 heterocycles. The molecule has 5 heteroatoms. The monoisotopic (exact) mass is 271 g/mol. The third kappa shape index (κ3) is 2.82. The number of para-hydroxylation sites is 1. The zero-order valence-electron chi connectivity index (χ0n) is 11.2. The Morgan fingerprint density at radius 3 is 3.10 bits per heavy atom. The van der Waals surface area contributed by atoms with E-state index in [1.807, 2.05) is 41.2 Å². The van der Waals surface area contributed by atoms with Crippen molar-refractivity contribution in [2.45, 2.75) is 25.5 Å². The molecule has 0 aliphatic carbocycles. The fourth-order valence-electron chi connectivity index (χ4n) is 2.33. The number of hydrogen-bond acceptors (Lipinski definition) is 3. The average Bonchev–Trinajstić information content (AvgIpc) is 3.12. The third-order valence-electron chi connectivity index (χ3n) is 3.36. The quantitative estimate of drug-likeness (QED) is 0.836. The highest BCUT2D eigenvalue weighted by Crippen LogP contribution is 2.27. The van der Waals surface area contributed by atoms with E-state index in [0.29, 0.717) is 13.0 Å². The van der Waals surface area contributed by atoms with Crippen LogP contribution in [0.1, 0.15) is 12.0 Å². The van der Waals surface area contributed by atoms with E-state index in [9.17, 15) is 4.79 Å². The molecule has 1 aliphatic rings. The van der Waals surface area contributed by atoms with E-state index in [1.165, 1.54) is 0 Å². The zero-order chi connectivity index (χ0) is 13.8. The number of rotatable bonds is 5. The van der Waals surface area contributed by atoms with Crippen LogP contribution in [-0.4, -0.2) is 28.3 Å². The molecule has 2 aromatic rings. The van der Waals surface area contributed by atoms with Crippen LogP contribution in [0, 0.1) is 0 Å². The number of benzene rings is 1. The highest BCUT2D eigenvalue weighted by atomic mass is 16.5. The summed E-state index contributed by atoms with van der Waals surface area (Å²) in [5.74, 6) is 0.783. The molecule has 1 atom stereocenters. The minimum Gasteiger partial charge on any atom is -0.480 e. The summed E-state index contributed by atoms with van der Waals surface area (Å²) in [7, 11) is 0. The van der Waals surface area contributed by atoms with E-state index in [1.54, 1.807) is 6.20 Å². The molecule has 104 valence electrons. The first-order chi connectivity index (χ1) is 9.83. The Morgan fingerprint density at radius 2 is 2.30 bits per heavy atom. The Balaban J connectivity index is 1.42. The number of nitrogens with one attached hydrogen (secondary N) is 1. The molecule has 1 aromatic heterocycles. The molecule has 3 rings (SSSR count). The van der Waals surface area contributed by atoms with Gasteiger partial charge in [-0.25, -0.2) is 0 Å².